The molecular weight excluding hydrogens is 313 g/mol. The number of nitriles is 2. The van der Waals surface area contributed by atoms with E-state index in [1.807, 2.05) is 6.07 Å². The van der Waals surface area contributed by atoms with Crippen LogP contribution in [0.3, 0.4) is 0 Å². The number of sulfonamides is 1. The molecule has 1 aromatic heterocycles. The quantitative estimate of drug-likeness (QED) is 0.933. The summed E-state index contributed by atoms with van der Waals surface area (Å²) in [6.07, 6.45) is 0. The van der Waals surface area contributed by atoms with Gasteiger partial charge < -0.3 is 0 Å². The number of hydrogen-bond donors (Lipinski definition) is 1. The topological polar surface area (TPSA) is 93.8 Å². The molecule has 8 heteroatoms. The van der Waals surface area contributed by atoms with Crippen LogP contribution >= 0.6 is 11.3 Å². The third-order valence-corrected chi connectivity index (χ3v) is 5.47. The van der Waals surface area contributed by atoms with Gasteiger partial charge in [0.25, 0.3) is 0 Å². The Hall–Kier alpha value is -2.26. The molecule has 21 heavy (non-hydrogen) atoms. The number of hydrogen-bond acceptors (Lipinski definition) is 5. The summed E-state index contributed by atoms with van der Waals surface area (Å²) in [5, 5.41) is 17.3. The van der Waals surface area contributed by atoms with Gasteiger partial charge in [0.1, 0.15) is 21.0 Å². The van der Waals surface area contributed by atoms with E-state index in [2.05, 4.69) is 4.72 Å². The minimum atomic E-state index is -3.79. The molecule has 0 saturated carbocycles. The lowest BCUT2D eigenvalue weighted by molar-refractivity contribution is 0.576. The molecule has 5 nitrogen and oxygen atoms in total. The molecule has 1 heterocycles. The number of rotatable bonds is 4. The molecule has 0 aliphatic carbocycles. The number of nitrogens with zero attached hydrogens (tertiary/aromatic N) is 2. The van der Waals surface area contributed by atoms with Crippen molar-refractivity contribution in [3.05, 3.63) is 52.2 Å². The summed E-state index contributed by atoms with van der Waals surface area (Å²) < 4.78 is 39.9. The maximum absolute atomic E-state index is 13.6. The van der Waals surface area contributed by atoms with Crippen LogP contribution in [0.4, 0.5) is 4.39 Å². The van der Waals surface area contributed by atoms with Gasteiger partial charge in [-0.3, -0.25) is 0 Å². The van der Waals surface area contributed by atoms with Crippen molar-refractivity contribution in [3.8, 4) is 12.1 Å². The average molecular weight is 321 g/mol. The van der Waals surface area contributed by atoms with Crippen molar-refractivity contribution in [2.24, 2.45) is 0 Å². The number of thiophene rings is 1. The van der Waals surface area contributed by atoms with Gasteiger partial charge in [-0.05, 0) is 24.3 Å². The van der Waals surface area contributed by atoms with Crippen LogP contribution in [0.2, 0.25) is 0 Å². The normalized spacial score (nSPS) is 10.8. The van der Waals surface area contributed by atoms with E-state index in [-0.39, 0.29) is 26.8 Å². The SMILES string of the molecule is N#Cc1ccc(CNS(=O)(=O)c2ccc(C#N)s2)c(F)c1. The third-order valence-electron chi connectivity index (χ3n) is 2.59. The van der Waals surface area contributed by atoms with Gasteiger partial charge in [-0.25, -0.2) is 17.5 Å². The lowest BCUT2D eigenvalue weighted by atomic mass is 10.1. The number of benzene rings is 1. The Morgan fingerprint density at radius 2 is 1.95 bits per heavy atom. The van der Waals surface area contributed by atoms with Crippen LogP contribution in [-0.4, -0.2) is 8.42 Å². The molecule has 1 N–H and O–H groups in total. The summed E-state index contributed by atoms with van der Waals surface area (Å²) in [6, 6.07) is 10.2. The first-order chi connectivity index (χ1) is 9.96. The third kappa shape index (κ3) is 3.44. The first-order valence-corrected chi connectivity index (χ1v) is 7.94. The summed E-state index contributed by atoms with van der Waals surface area (Å²) >= 11 is 0.837. The van der Waals surface area contributed by atoms with Crippen LogP contribution in [0.5, 0.6) is 0 Å². The molecule has 0 aliphatic rings. The summed E-state index contributed by atoms with van der Waals surface area (Å²) in [5.74, 6) is -0.652. The highest BCUT2D eigenvalue weighted by Crippen LogP contribution is 2.21. The molecule has 2 rings (SSSR count). The van der Waals surface area contributed by atoms with Crippen LogP contribution in [0.1, 0.15) is 16.0 Å². The molecular formula is C13H8FN3O2S2. The van der Waals surface area contributed by atoms with Crippen LogP contribution < -0.4 is 4.72 Å². The van der Waals surface area contributed by atoms with Crippen LogP contribution in [0.15, 0.2) is 34.5 Å². The predicted octanol–water partition coefficient (Wildman–Crippen LogP) is 2.11. The van der Waals surface area contributed by atoms with E-state index < -0.39 is 15.8 Å². The molecule has 0 spiro atoms. The Bertz CT molecular complexity index is 860. The average Bonchev–Trinajstić information content (AvgIpc) is 2.95. The van der Waals surface area contributed by atoms with Gasteiger partial charge in [0.2, 0.25) is 10.0 Å². The van der Waals surface area contributed by atoms with Crippen LogP contribution in [0, 0.1) is 28.5 Å². The minimum absolute atomic E-state index is 0.00639. The van der Waals surface area contributed by atoms with Gasteiger partial charge in [-0.2, -0.15) is 10.5 Å². The highest BCUT2D eigenvalue weighted by atomic mass is 32.2. The second-order valence-electron chi connectivity index (χ2n) is 3.97. The number of halogens is 1. The van der Waals surface area contributed by atoms with Gasteiger partial charge in [0.05, 0.1) is 11.6 Å². The Labute approximate surface area is 124 Å². The summed E-state index contributed by atoms with van der Waals surface area (Å²) in [7, 11) is -3.79. The molecule has 0 atom stereocenters. The van der Waals surface area contributed by atoms with E-state index in [1.54, 1.807) is 6.07 Å². The number of nitrogens with one attached hydrogen (secondary N) is 1. The van der Waals surface area contributed by atoms with Gasteiger partial charge in [-0.15, -0.1) is 11.3 Å². The fourth-order valence-electron chi connectivity index (χ4n) is 1.53. The Morgan fingerprint density at radius 3 is 2.52 bits per heavy atom. The molecule has 0 amide bonds. The molecule has 0 fully saturated rings. The second kappa shape index (κ2) is 6.02. The summed E-state index contributed by atoms with van der Waals surface area (Å²) in [5.41, 5.74) is 0.297. The largest absolute Gasteiger partial charge is 0.250 e. The molecule has 2 aromatic rings. The van der Waals surface area contributed by atoms with E-state index >= 15 is 0 Å². The van der Waals surface area contributed by atoms with Gasteiger partial charge in [0, 0.05) is 12.1 Å². The van der Waals surface area contributed by atoms with Crippen LogP contribution in [-0.2, 0) is 16.6 Å². The van der Waals surface area contributed by atoms with Crippen molar-refractivity contribution in [2.75, 3.05) is 0 Å². The molecule has 0 bridgehead atoms. The molecule has 106 valence electrons. The zero-order valence-electron chi connectivity index (χ0n) is 10.5. The van der Waals surface area contributed by atoms with E-state index in [0.717, 1.165) is 17.4 Å². The second-order valence-corrected chi connectivity index (χ2v) is 7.05. The zero-order valence-corrected chi connectivity index (χ0v) is 12.1. The maximum atomic E-state index is 13.6. The smallest absolute Gasteiger partial charge is 0.207 e. The lowest BCUT2D eigenvalue weighted by Crippen LogP contribution is -2.22. The Morgan fingerprint density at radius 1 is 1.19 bits per heavy atom. The molecule has 1 aromatic carbocycles. The Balaban J connectivity index is 2.16. The van der Waals surface area contributed by atoms with Crippen molar-refractivity contribution < 1.29 is 12.8 Å². The molecule has 0 saturated heterocycles. The molecule has 0 unspecified atom stereocenters. The monoisotopic (exact) mass is 321 g/mol. The van der Waals surface area contributed by atoms with E-state index in [1.165, 1.54) is 24.3 Å². The van der Waals surface area contributed by atoms with E-state index in [0.29, 0.717) is 0 Å². The summed E-state index contributed by atoms with van der Waals surface area (Å²) in [4.78, 5) is 0.278. The highest BCUT2D eigenvalue weighted by Gasteiger charge is 2.17. The van der Waals surface area contributed by atoms with E-state index in [4.69, 9.17) is 10.5 Å². The zero-order chi connectivity index (χ0) is 15.5. The van der Waals surface area contributed by atoms with Crippen LogP contribution in [0.25, 0.3) is 0 Å². The first kappa shape index (κ1) is 15.1. The van der Waals surface area contributed by atoms with Crippen molar-refractivity contribution in [1.82, 2.24) is 4.72 Å². The standard InChI is InChI=1S/C13H8FN3O2S2/c14-12-5-9(6-15)1-2-10(12)8-17-21(18,19)13-4-3-11(7-16)20-13/h1-5,17H,8H2. The molecule has 0 radical (unpaired) electrons. The van der Waals surface area contributed by atoms with Crippen molar-refractivity contribution >= 4 is 21.4 Å². The fraction of sp³-hybridized carbons (Fsp3) is 0.0769. The van der Waals surface area contributed by atoms with Gasteiger partial charge in [-0.1, -0.05) is 6.07 Å². The highest BCUT2D eigenvalue weighted by molar-refractivity contribution is 7.91. The lowest BCUT2D eigenvalue weighted by Gasteiger charge is -2.06. The van der Waals surface area contributed by atoms with Gasteiger partial charge >= 0.3 is 0 Å². The Kier molecular flexibility index (Phi) is 4.34. The maximum Gasteiger partial charge on any atom is 0.250 e. The van der Waals surface area contributed by atoms with Crippen molar-refractivity contribution in [1.29, 1.82) is 10.5 Å². The predicted molar refractivity (Wildman–Crippen MR) is 74.2 cm³/mol. The minimum Gasteiger partial charge on any atom is -0.207 e. The van der Waals surface area contributed by atoms with E-state index in [9.17, 15) is 12.8 Å². The van der Waals surface area contributed by atoms with Crippen molar-refractivity contribution in [3.63, 3.8) is 0 Å². The first-order valence-electron chi connectivity index (χ1n) is 5.64. The fourth-order valence-corrected chi connectivity index (χ4v) is 3.68. The molecule has 0 aliphatic heterocycles. The summed E-state index contributed by atoms with van der Waals surface area (Å²) in [6.45, 7) is -0.236. The van der Waals surface area contributed by atoms with Crippen molar-refractivity contribution in [2.45, 2.75) is 10.8 Å². The van der Waals surface area contributed by atoms with Gasteiger partial charge in [0.15, 0.2) is 0 Å².